The summed E-state index contributed by atoms with van der Waals surface area (Å²) in [4.78, 5) is 8.61. The third kappa shape index (κ3) is 8.67. The van der Waals surface area contributed by atoms with E-state index in [4.69, 9.17) is 0 Å². The number of aryl methyl sites for hydroxylation is 1. The van der Waals surface area contributed by atoms with Crippen molar-refractivity contribution in [3.63, 3.8) is 0 Å². The van der Waals surface area contributed by atoms with Crippen molar-refractivity contribution < 1.29 is 8.42 Å². The van der Waals surface area contributed by atoms with Gasteiger partial charge in [0.1, 0.15) is 4.90 Å². The molecular weight excluding hydrogens is 501 g/mol. The minimum Gasteiger partial charge on any atom is -0.357 e. The van der Waals surface area contributed by atoms with Gasteiger partial charge in [-0.25, -0.2) is 13.1 Å². The van der Waals surface area contributed by atoms with Gasteiger partial charge >= 0.3 is 0 Å². The van der Waals surface area contributed by atoms with E-state index in [2.05, 4.69) is 63.4 Å². The fourth-order valence-electron chi connectivity index (χ4n) is 2.61. The number of nitrogens with zero attached hydrogens (tertiary/aromatic N) is 2. The van der Waals surface area contributed by atoms with E-state index in [0.29, 0.717) is 25.0 Å². The van der Waals surface area contributed by atoms with Crippen molar-refractivity contribution in [1.82, 2.24) is 20.3 Å². The number of pyridine rings is 1. The number of aromatic nitrogens is 1. The Morgan fingerprint density at radius 3 is 2.62 bits per heavy atom. The Morgan fingerprint density at radius 2 is 1.97 bits per heavy atom. The first-order valence-electron chi connectivity index (χ1n) is 9.41. The average molecular weight is 531 g/mol. The van der Waals surface area contributed by atoms with E-state index in [1.165, 1.54) is 29.6 Å². The zero-order valence-corrected chi connectivity index (χ0v) is 20.2. The van der Waals surface area contributed by atoms with Crippen LogP contribution in [0.3, 0.4) is 0 Å². The van der Waals surface area contributed by atoms with E-state index in [0.717, 1.165) is 6.54 Å². The third-order valence-corrected chi connectivity index (χ3v) is 5.58. The van der Waals surface area contributed by atoms with Crippen LogP contribution in [0.25, 0.3) is 0 Å². The molecule has 9 heteroatoms. The van der Waals surface area contributed by atoms with E-state index in [-0.39, 0.29) is 35.4 Å². The van der Waals surface area contributed by atoms with Gasteiger partial charge in [0.25, 0.3) is 0 Å². The minimum absolute atomic E-state index is 0. The van der Waals surface area contributed by atoms with Gasteiger partial charge in [-0.1, -0.05) is 36.8 Å². The first kappa shape index (κ1) is 25.3. The Balaban J connectivity index is 0.00000420. The maximum atomic E-state index is 12.2. The molecule has 7 nitrogen and oxygen atoms in total. The van der Waals surface area contributed by atoms with Gasteiger partial charge < -0.3 is 10.6 Å². The van der Waals surface area contributed by atoms with Crippen LogP contribution in [0.5, 0.6) is 0 Å². The van der Waals surface area contributed by atoms with E-state index < -0.39 is 10.0 Å². The highest BCUT2D eigenvalue weighted by Gasteiger charge is 2.13. The lowest BCUT2D eigenvalue weighted by atomic mass is 10.00. The molecule has 0 saturated carbocycles. The van der Waals surface area contributed by atoms with Crippen molar-refractivity contribution in [2.45, 2.75) is 31.6 Å². The van der Waals surface area contributed by atoms with Crippen LogP contribution < -0.4 is 15.4 Å². The monoisotopic (exact) mass is 531 g/mol. The van der Waals surface area contributed by atoms with Crippen LogP contribution in [0.1, 0.15) is 30.9 Å². The molecule has 1 aromatic carbocycles. The maximum absolute atomic E-state index is 12.2. The second kappa shape index (κ2) is 12.8. The van der Waals surface area contributed by atoms with Gasteiger partial charge in [-0.05, 0) is 31.5 Å². The van der Waals surface area contributed by atoms with E-state index >= 15 is 0 Å². The number of hydrogen-bond donors (Lipinski definition) is 3. The summed E-state index contributed by atoms with van der Waals surface area (Å²) in [6, 6.07) is 11.5. The van der Waals surface area contributed by atoms with Crippen molar-refractivity contribution in [1.29, 1.82) is 0 Å². The number of nitrogens with one attached hydrogen (secondary N) is 3. The number of rotatable bonds is 9. The Labute approximate surface area is 190 Å². The minimum atomic E-state index is -3.55. The second-order valence-electron chi connectivity index (χ2n) is 6.55. The highest BCUT2D eigenvalue weighted by atomic mass is 127. The zero-order chi connectivity index (χ0) is 20.4. The summed E-state index contributed by atoms with van der Waals surface area (Å²) in [7, 11) is -3.55. The van der Waals surface area contributed by atoms with Gasteiger partial charge in [0.05, 0.1) is 0 Å². The first-order chi connectivity index (χ1) is 13.4. The molecule has 0 spiro atoms. The van der Waals surface area contributed by atoms with Gasteiger partial charge in [-0.15, -0.1) is 24.0 Å². The summed E-state index contributed by atoms with van der Waals surface area (Å²) in [5, 5.41) is 6.34. The Kier molecular flexibility index (Phi) is 11.1. The molecule has 0 amide bonds. The first-order valence-corrected chi connectivity index (χ1v) is 10.9. The number of halogens is 1. The molecule has 0 aliphatic carbocycles. The summed E-state index contributed by atoms with van der Waals surface area (Å²) in [6.07, 6.45) is 2.87. The Hall–Kier alpha value is -1.72. The quantitative estimate of drug-likeness (QED) is 0.200. The van der Waals surface area contributed by atoms with Crippen molar-refractivity contribution >= 4 is 40.0 Å². The average Bonchev–Trinajstić information content (AvgIpc) is 2.69. The van der Waals surface area contributed by atoms with Crippen molar-refractivity contribution in [2.75, 3.05) is 26.2 Å². The van der Waals surface area contributed by atoms with Crippen LogP contribution in [0.4, 0.5) is 0 Å². The van der Waals surface area contributed by atoms with E-state index in [9.17, 15) is 8.42 Å². The van der Waals surface area contributed by atoms with Gasteiger partial charge in [0.2, 0.25) is 10.0 Å². The van der Waals surface area contributed by atoms with Gasteiger partial charge in [-0.3, -0.25) is 9.98 Å². The molecule has 0 saturated heterocycles. The predicted octanol–water partition coefficient (Wildman–Crippen LogP) is 2.65. The third-order valence-electron chi connectivity index (χ3n) is 4.13. The predicted molar refractivity (Wildman–Crippen MR) is 128 cm³/mol. The number of hydrogen-bond acceptors (Lipinski definition) is 4. The fourth-order valence-corrected chi connectivity index (χ4v) is 3.60. The Morgan fingerprint density at radius 1 is 1.17 bits per heavy atom. The number of aliphatic imine (C=N–C) groups is 1. The molecule has 160 valence electrons. The summed E-state index contributed by atoms with van der Waals surface area (Å²) < 4.78 is 26.9. The molecule has 29 heavy (non-hydrogen) atoms. The number of sulfonamides is 1. The van der Waals surface area contributed by atoms with E-state index in [1.54, 1.807) is 6.07 Å². The molecule has 0 fully saturated rings. The van der Waals surface area contributed by atoms with Crippen LogP contribution in [0.2, 0.25) is 0 Å². The normalized spacial score (nSPS) is 12.7. The molecule has 2 aromatic rings. The largest absolute Gasteiger partial charge is 0.357 e. The molecule has 0 radical (unpaired) electrons. The summed E-state index contributed by atoms with van der Waals surface area (Å²) >= 11 is 0. The van der Waals surface area contributed by atoms with Gasteiger partial charge in [-0.2, -0.15) is 0 Å². The lowest BCUT2D eigenvalue weighted by Gasteiger charge is -2.14. The molecule has 2 rings (SSSR count). The van der Waals surface area contributed by atoms with Gasteiger partial charge in [0, 0.05) is 44.5 Å². The van der Waals surface area contributed by atoms with Crippen molar-refractivity contribution in [3.05, 3.63) is 59.9 Å². The molecule has 1 atom stereocenters. The highest BCUT2D eigenvalue weighted by molar-refractivity contribution is 14.0. The van der Waals surface area contributed by atoms with Crippen LogP contribution in [0.15, 0.2) is 58.7 Å². The van der Waals surface area contributed by atoms with E-state index in [1.807, 2.05) is 6.92 Å². The molecule has 0 bridgehead atoms. The molecular formula is C20H30IN5O2S. The van der Waals surface area contributed by atoms with Crippen LogP contribution in [0, 0.1) is 6.92 Å². The van der Waals surface area contributed by atoms with Crippen LogP contribution in [-0.2, 0) is 10.0 Å². The molecule has 0 aliphatic rings. The fraction of sp³-hybridized carbons (Fsp3) is 0.400. The lowest BCUT2D eigenvalue weighted by molar-refractivity contribution is 0.580. The van der Waals surface area contributed by atoms with Crippen molar-refractivity contribution in [2.24, 2.45) is 4.99 Å². The summed E-state index contributed by atoms with van der Waals surface area (Å²) in [5.74, 6) is 0.960. The SMILES string of the molecule is CCNC(=NCC(C)c1cccc(C)c1)NCCNS(=O)(=O)c1cccnc1.I. The number of benzene rings is 1. The zero-order valence-electron chi connectivity index (χ0n) is 17.1. The maximum Gasteiger partial charge on any atom is 0.242 e. The van der Waals surface area contributed by atoms with Gasteiger partial charge in [0.15, 0.2) is 5.96 Å². The number of guanidine groups is 1. The molecule has 1 aromatic heterocycles. The lowest BCUT2D eigenvalue weighted by Crippen LogP contribution is -2.41. The molecule has 1 heterocycles. The molecule has 3 N–H and O–H groups in total. The summed E-state index contributed by atoms with van der Waals surface area (Å²) in [5.41, 5.74) is 2.49. The highest BCUT2D eigenvalue weighted by Crippen LogP contribution is 2.16. The second-order valence-corrected chi connectivity index (χ2v) is 8.32. The van der Waals surface area contributed by atoms with Crippen LogP contribution in [-0.4, -0.2) is 45.5 Å². The topological polar surface area (TPSA) is 95.5 Å². The molecule has 0 aliphatic heterocycles. The standard InChI is InChI=1S/C20H29N5O2S.HI/c1-4-22-20(24-14-17(3)18-8-5-7-16(2)13-18)23-11-12-25-28(26,27)19-9-6-10-21-15-19;/h5-10,13,15,17,25H,4,11-12,14H2,1-3H3,(H2,22,23,24);1H. The summed E-state index contributed by atoms with van der Waals surface area (Å²) in [6.45, 7) is 8.25. The molecule has 1 unspecified atom stereocenters. The Bertz CT molecular complexity index is 875. The van der Waals surface area contributed by atoms with Crippen molar-refractivity contribution in [3.8, 4) is 0 Å². The van der Waals surface area contributed by atoms with Crippen LogP contribution >= 0.6 is 24.0 Å². The smallest absolute Gasteiger partial charge is 0.242 e.